The quantitative estimate of drug-likeness (QED) is 0.860. The summed E-state index contributed by atoms with van der Waals surface area (Å²) in [7, 11) is 0. The van der Waals surface area contributed by atoms with Gasteiger partial charge in [-0.25, -0.2) is 0 Å². The predicted octanol–water partition coefficient (Wildman–Crippen LogP) is 2.14. The van der Waals surface area contributed by atoms with E-state index in [9.17, 15) is 9.59 Å². The molecule has 1 fully saturated rings. The number of hydrogen-bond acceptors (Lipinski definition) is 3. The lowest BCUT2D eigenvalue weighted by molar-refractivity contribution is -0.138. The summed E-state index contributed by atoms with van der Waals surface area (Å²) >= 11 is 5.84. The van der Waals surface area contributed by atoms with Crippen LogP contribution in [-0.2, 0) is 9.59 Å². The maximum absolute atomic E-state index is 12.0. The number of imide groups is 1. The molecule has 2 amide bonds. The summed E-state index contributed by atoms with van der Waals surface area (Å²) in [5, 5.41) is 3.88. The van der Waals surface area contributed by atoms with Gasteiger partial charge in [-0.2, -0.15) is 0 Å². The van der Waals surface area contributed by atoms with Gasteiger partial charge in [0.2, 0.25) is 11.8 Å². The van der Waals surface area contributed by atoms with E-state index < -0.39 is 6.04 Å². The van der Waals surface area contributed by atoms with Crippen LogP contribution < -0.4 is 5.32 Å². The van der Waals surface area contributed by atoms with E-state index in [4.69, 9.17) is 11.6 Å². The van der Waals surface area contributed by atoms with Gasteiger partial charge >= 0.3 is 0 Å². The van der Waals surface area contributed by atoms with Crippen LogP contribution in [0.3, 0.4) is 0 Å². The summed E-state index contributed by atoms with van der Waals surface area (Å²) in [6, 6.07) is 7.04. The van der Waals surface area contributed by atoms with Crippen molar-refractivity contribution >= 4 is 23.4 Å². The third-order valence-electron chi connectivity index (χ3n) is 3.38. The Morgan fingerprint density at radius 3 is 2.53 bits per heavy atom. The van der Waals surface area contributed by atoms with Gasteiger partial charge in [-0.3, -0.25) is 19.8 Å². The lowest BCUT2D eigenvalue weighted by atomic mass is 10.1. The van der Waals surface area contributed by atoms with E-state index in [1.54, 1.807) is 6.92 Å². The van der Waals surface area contributed by atoms with Crippen molar-refractivity contribution in [2.45, 2.75) is 32.4 Å². The zero-order valence-corrected chi connectivity index (χ0v) is 11.8. The minimum atomic E-state index is -0.418. The van der Waals surface area contributed by atoms with Gasteiger partial charge in [0.25, 0.3) is 0 Å². The number of amides is 2. The van der Waals surface area contributed by atoms with E-state index in [0.29, 0.717) is 11.6 Å². The maximum Gasteiger partial charge on any atom is 0.246 e. The number of carbonyl (C=O) groups excluding carboxylic acids is 2. The Balaban J connectivity index is 2.04. The number of likely N-dealkylation sites (N-methyl/N-ethyl adjacent to an activating group) is 1. The largest absolute Gasteiger partial charge is 0.299 e. The molecule has 5 heteroatoms. The van der Waals surface area contributed by atoms with Gasteiger partial charge in [0, 0.05) is 17.6 Å². The van der Waals surface area contributed by atoms with Gasteiger partial charge in [0.15, 0.2) is 0 Å². The first kappa shape index (κ1) is 14.0. The van der Waals surface area contributed by atoms with Crippen molar-refractivity contribution in [2.75, 3.05) is 6.54 Å². The van der Waals surface area contributed by atoms with E-state index in [1.807, 2.05) is 31.2 Å². The summed E-state index contributed by atoms with van der Waals surface area (Å²) < 4.78 is 0. The molecule has 19 heavy (non-hydrogen) atoms. The zero-order valence-electron chi connectivity index (χ0n) is 11.0. The molecule has 1 aromatic carbocycles. The Labute approximate surface area is 117 Å². The van der Waals surface area contributed by atoms with Gasteiger partial charge in [-0.05, 0) is 31.5 Å². The molecule has 0 radical (unpaired) electrons. The molecule has 1 aliphatic heterocycles. The van der Waals surface area contributed by atoms with Crippen LogP contribution >= 0.6 is 11.6 Å². The smallest absolute Gasteiger partial charge is 0.246 e. The Kier molecular flexibility index (Phi) is 4.22. The van der Waals surface area contributed by atoms with E-state index in [0.717, 1.165) is 5.56 Å². The van der Waals surface area contributed by atoms with Gasteiger partial charge in [0.05, 0.1) is 12.5 Å². The topological polar surface area (TPSA) is 49.4 Å². The summed E-state index contributed by atoms with van der Waals surface area (Å²) in [5.41, 5.74) is 1.04. The Morgan fingerprint density at radius 1 is 1.37 bits per heavy atom. The van der Waals surface area contributed by atoms with Crippen LogP contribution in [0.25, 0.3) is 0 Å². The SMILES string of the molecule is CCN1C(=O)CC(NC(C)c2ccc(Cl)cc2)C1=O. The van der Waals surface area contributed by atoms with Crippen molar-refractivity contribution in [1.29, 1.82) is 0 Å². The Bertz CT molecular complexity index is 487. The van der Waals surface area contributed by atoms with Crippen molar-refractivity contribution in [3.8, 4) is 0 Å². The first-order valence-corrected chi connectivity index (χ1v) is 6.76. The highest BCUT2D eigenvalue weighted by atomic mass is 35.5. The normalized spacial score (nSPS) is 21.0. The van der Waals surface area contributed by atoms with Crippen LogP contribution in [0.4, 0.5) is 0 Å². The van der Waals surface area contributed by atoms with Gasteiger partial charge in [-0.1, -0.05) is 23.7 Å². The lowest BCUT2D eigenvalue weighted by Crippen LogP contribution is -2.39. The fourth-order valence-electron chi connectivity index (χ4n) is 2.30. The average Bonchev–Trinajstić information content (AvgIpc) is 2.64. The second-order valence-electron chi connectivity index (χ2n) is 4.67. The molecule has 102 valence electrons. The molecule has 0 spiro atoms. The molecule has 1 saturated heterocycles. The van der Waals surface area contributed by atoms with E-state index in [-0.39, 0.29) is 24.3 Å². The third-order valence-corrected chi connectivity index (χ3v) is 3.63. The molecular formula is C14H17ClN2O2. The molecule has 1 N–H and O–H groups in total. The van der Waals surface area contributed by atoms with Crippen LogP contribution in [-0.4, -0.2) is 29.3 Å². The monoisotopic (exact) mass is 280 g/mol. The van der Waals surface area contributed by atoms with Crippen molar-refractivity contribution < 1.29 is 9.59 Å². The number of hydrogen-bond donors (Lipinski definition) is 1. The molecule has 1 aromatic rings. The minimum Gasteiger partial charge on any atom is -0.299 e. The first-order valence-electron chi connectivity index (χ1n) is 6.38. The summed E-state index contributed by atoms with van der Waals surface area (Å²) in [4.78, 5) is 24.9. The molecule has 2 unspecified atom stereocenters. The molecule has 0 saturated carbocycles. The van der Waals surface area contributed by atoms with Gasteiger partial charge in [-0.15, -0.1) is 0 Å². The van der Waals surface area contributed by atoms with Crippen molar-refractivity contribution in [1.82, 2.24) is 10.2 Å². The number of nitrogens with one attached hydrogen (secondary N) is 1. The van der Waals surface area contributed by atoms with Crippen LogP contribution in [0, 0.1) is 0 Å². The summed E-state index contributed by atoms with van der Waals surface area (Å²) in [6.45, 7) is 4.21. The fourth-order valence-corrected chi connectivity index (χ4v) is 2.42. The van der Waals surface area contributed by atoms with Crippen LogP contribution in [0.2, 0.25) is 5.02 Å². The number of rotatable bonds is 4. The molecule has 0 aliphatic carbocycles. The van der Waals surface area contributed by atoms with Crippen molar-refractivity contribution in [2.24, 2.45) is 0 Å². The third kappa shape index (κ3) is 2.96. The van der Waals surface area contributed by atoms with Crippen LogP contribution in [0.15, 0.2) is 24.3 Å². The van der Waals surface area contributed by atoms with Gasteiger partial charge < -0.3 is 0 Å². The molecule has 2 rings (SSSR count). The number of carbonyl (C=O) groups is 2. The molecule has 0 aromatic heterocycles. The highest BCUT2D eigenvalue weighted by Gasteiger charge is 2.37. The highest BCUT2D eigenvalue weighted by Crippen LogP contribution is 2.20. The summed E-state index contributed by atoms with van der Waals surface area (Å²) in [6.07, 6.45) is 0.241. The number of nitrogens with zero attached hydrogens (tertiary/aromatic N) is 1. The molecular weight excluding hydrogens is 264 g/mol. The summed E-state index contributed by atoms with van der Waals surface area (Å²) in [5.74, 6) is -0.235. The van der Waals surface area contributed by atoms with E-state index >= 15 is 0 Å². The maximum atomic E-state index is 12.0. The molecule has 2 atom stereocenters. The lowest BCUT2D eigenvalue weighted by Gasteiger charge is -2.18. The number of likely N-dealkylation sites (tertiary alicyclic amines) is 1. The van der Waals surface area contributed by atoms with Crippen molar-refractivity contribution in [3.63, 3.8) is 0 Å². The Hall–Kier alpha value is -1.39. The second kappa shape index (κ2) is 5.72. The first-order chi connectivity index (χ1) is 9.02. The fraction of sp³-hybridized carbons (Fsp3) is 0.429. The van der Waals surface area contributed by atoms with Crippen LogP contribution in [0.1, 0.15) is 31.9 Å². The molecule has 1 heterocycles. The molecule has 4 nitrogen and oxygen atoms in total. The highest BCUT2D eigenvalue weighted by molar-refractivity contribution is 6.30. The number of benzene rings is 1. The minimum absolute atomic E-state index is 0.00387. The standard InChI is InChI=1S/C14H17ClN2O2/c1-3-17-13(18)8-12(14(17)19)16-9(2)10-4-6-11(15)7-5-10/h4-7,9,12,16H,3,8H2,1-2H3. The van der Waals surface area contributed by atoms with Crippen molar-refractivity contribution in [3.05, 3.63) is 34.9 Å². The Morgan fingerprint density at radius 2 is 2.00 bits per heavy atom. The average molecular weight is 281 g/mol. The van der Waals surface area contributed by atoms with E-state index in [1.165, 1.54) is 4.90 Å². The molecule has 0 bridgehead atoms. The second-order valence-corrected chi connectivity index (χ2v) is 5.11. The zero-order chi connectivity index (χ0) is 14.0. The molecule has 1 aliphatic rings. The van der Waals surface area contributed by atoms with E-state index in [2.05, 4.69) is 5.32 Å². The number of halogens is 1. The van der Waals surface area contributed by atoms with Gasteiger partial charge in [0.1, 0.15) is 0 Å². The van der Waals surface area contributed by atoms with Crippen LogP contribution in [0.5, 0.6) is 0 Å². The predicted molar refractivity (Wildman–Crippen MR) is 73.8 cm³/mol.